The number of carboxylic acid groups (broad SMARTS) is 1. The third-order valence-electron chi connectivity index (χ3n) is 7.05. The van der Waals surface area contributed by atoms with E-state index in [2.05, 4.69) is 18.7 Å². The Morgan fingerprint density at radius 2 is 1.17 bits per heavy atom. The SMILES string of the molecule is CCCCCCCCC(CCCCCC)COC(=O)CCCCCN(CCO)CCCCCC(=O)O. The molecule has 6 nitrogen and oxygen atoms in total. The molecule has 36 heavy (non-hydrogen) atoms. The average molecular weight is 514 g/mol. The third-order valence-corrected chi connectivity index (χ3v) is 7.05. The minimum Gasteiger partial charge on any atom is -0.481 e. The van der Waals surface area contributed by atoms with Gasteiger partial charge in [-0.2, -0.15) is 0 Å². The first-order valence-corrected chi connectivity index (χ1v) is 15.2. The molecule has 0 aliphatic carbocycles. The highest BCUT2D eigenvalue weighted by atomic mass is 16.5. The minimum atomic E-state index is -0.735. The molecule has 0 rings (SSSR count). The number of aliphatic hydroxyl groups excluding tert-OH is 1. The van der Waals surface area contributed by atoms with Gasteiger partial charge in [0.15, 0.2) is 0 Å². The van der Waals surface area contributed by atoms with Gasteiger partial charge < -0.3 is 19.8 Å². The molecule has 0 bridgehead atoms. The highest BCUT2D eigenvalue weighted by Gasteiger charge is 2.12. The van der Waals surface area contributed by atoms with Crippen molar-refractivity contribution in [1.82, 2.24) is 4.90 Å². The third kappa shape index (κ3) is 24.5. The van der Waals surface area contributed by atoms with E-state index in [1.54, 1.807) is 0 Å². The quantitative estimate of drug-likeness (QED) is 0.0839. The smallest absolute Gasteiger partial charge is 0.305 e. The van der Waals surface area contributed by atoms with E-state index in [4.69, 9.17) is 9.84 Å². The van der Waals surface area contributed by atoms with Crippen molar-refractivity contribution in [2.45, 2.75) is 142 Å². The molecule has 214 valence electrons. The van der Waals surface area contributed by atoms with Crippen LogP contribution in [0.3, 0.4) is 0 Å². The maximum atomic E-state index is 12.3. The fourth-order valence-electron chi connectivity index (χ4n) is 4.71. The molecule has 0 saturated carbocycles. The highest BCUT2D eigenvalue weighted by molar-refractivity contribution is 5.69. The van der Waals surface area contributed by atoms with Gasteiger partial charge in [0, 0.05) is 19.4 Å². The number of nitrogens with zero attached hydrogens (tertiary/aromatic N) is 1. The molecular formula is C30H59NO5. The van der Waals surface area contributed by atoms with Crippen molar-refractivity contribution in [3.63, 3.8) is 0 Å². The van der Waals surface area contributed by atoms with Crippen LogP contribution in [-0.2, 0) is 14.3 Å². The van der Waals surface area contributed by atoms with E-state index in [1.165, 1.54) is 77.0 Å². The van der Waals surface area contributed by atoms with E-state index in [-0.39, 0.29) is 19.0 Å². The lowest BCUT2D eigenvalue weighted by molar-refractivity contribution is -0.145. The molecule has 0 spiro atoms. The number of unbranched alkanes of at least 4 members (excludes halogenated alkanes) is 12. The molecule has 0 aliphatic heterocycles. The second kappa shape index (κ2) is 26.9. The topological polar surface area (TPSA) is 87.1 Å². The number of aliphatic carboxylic acids is 1. The zero-order chi connectivity index (χ0) is 26.7. The Bertz CT molecular complexity index is 500. The molecule has 0 saturated heterocycles. The zero-order valence-corrected chi connectivity index (χ0v) is 23.8. The first-order chi connectivity index (χ1) is 17.5. The summed E-state index contributed by atoms with van der Waals surface area (Å²) in [5, 5.41) is 18.0. The molecule has 0 fully saturated rings. The molecule has 0 aromatic carbocycles. The normalized spacial score (nSPS) is 12.2. The molecule has 1 unspecified atom stereocenters. The molecule has 0 aliphatic rings. The van der Waals surface area contributed by atoms with Crippen molar-refractivity contribution in [3.8, 4) is 0 Å². The van der Waals surface area contributed by atoms with Gasteiger partial charge >= 0.3 is 11.9 Å². The fraction of sp³-hybridized carbons (Fsp3) is 0.933. The van der Waals surface area contributed by atoms with E-state index in [0.29, 0.717) is 31.9 Å². The zero-order valence-electron chi connectivity index (χ0n) is 23.8. The second-order valence-corrected chi connectivity index (χ2v) is 10.5. The lowest BCUT2D eigenvalue weighted by Gasteiger charge is -2.21. The van der Waals surface area contributed by atoms with E-state index in [1.807, 2.05) is 0 Å². The molecule has 1 atom stereocenters. The number of esters is 1. The van der Waals surface area contributed by atoms with Crippen LogP contribution >= 0.6 is 0 Å². The average Bonchev–Trinajstić information content (AvgIpc) is 2.85. The van der Waals surface area contributed by atoms with Crippen LogP contribution in [0.4, 0.5) is 0 Å². The number of carbonyl (C=O) groups excluding carboxylic acids is 1. The Labute approximate surface area is 222 Å². The summed E-state index contributed by atoms with van der Waals surface area (Å²) < 4.78 is 5.69. The summed E-state index contributed by atoms with van der Waals surface area (Å²) in [5.41, 5.74) is 0. The lowest BCUT2D eigenvalue weighted by atomic mass is 9.95. The van der Waals surface area contributed by atoms with Gasteiger partial charge in [0.1, 0.15) is 0 Å². The summed E-state index contributed by atoms with van der Waals surface area (Å²) in [7, 11) is 0. The summed E-state index contributed by atoms with van der Waals surface area (Å²) in [4.78, 5) is 25.1. The van der Waals surface area contributed by atoms with Gasteiger partial charge in [-0.25, -0.2) is 0 Å². The van der Waals surface area contributed by atoms with Gasteiger partial charge in [0.2, 0.25) is 0 Å². The number of hydrogen-bond acceptors (Lipinski definition) is 5. The Morgan fingerprint density at radius 1 is 0.667 bits per heavy atom. The van der Waals surface area contributed by atoms with Crippen molar-refractivity contribution >= 4 is 11.9 Å². The minimum absolute atomic E-state index is 0.0536. The number of carboxylic acids is 1. The molecule has 0 aromatic heterocycles. The fourth-order valence-corrected chi connectivity index (χ4v) is 4.71. The van der Waals surface area contributed by atoms with E-state index >= 15 is 0 Å². The van der Waals surface area contributed by atoms with Crippen LogP contribution in [0.25, 0.3) is 0 Å². The van der Waals surface area contributed by atoms with Crippen LogP contribution < -0.4 is 0 Å². The maximum absolute atomic E-state index is 12.3. The molecular weight excluding hydrogens is 454 g/mol. The van der Waals surface area contributed by atoms with Crippen LogP contribution in [-0.4, -0.2) is 59.9 Å². The van der Waals surface area contributed by atoms with Crippen LogP contribution in [0.15, 0.2) is 0 Å². The number of hydrogen-bond donors (Lipinski definition) is 2. The predicted octanol–water partition coefficient (Wildman–Crippen LogP) is 7.37. The highest BCUT2D eigenvalue weighted by Crippen LogP contribution is 2.20. The summed E-state index contributed by atoms with van der Waals surface area (Å²) in [6.45, 7) is 7.67. The van der Waals surface area contributed by atoms with Crippen molar-refractivity contribution < 1.29 is 24.5 Å². The summed E-state index contributed by atoms with van der Waals surface area (Å²) in [6, 6.07) is 0. The standard InChI is InChI=1S/C30H59NO5/c1-3-5-7-9-10-14-20-28(19-13-8-6-4-2)27-36-30(35)22-16-12-18-24-31(25-26-32)23-17-11-15-21-29(33)34/h28,32H,3-27H2,1-2H3,(H,33,34). The van der Waals surface area contributed by atoms with Gasteiger partial charge in [-0.3, -0.25) is 9.59 Å². The van der Waals surface area contributed by atoms with Gasteiger partial charge in [-0.15, -0.1) is 0 Å². The Balaban J connectivity index is 4.05. The first kappa shape index (κ1) is 34.9. The molecule has 6 heteroatoms. The monoisotopic (exact) mass is 513 g/mol. The van der Waals surface area contributed by atoms with Crippen LogP contribution in [0.5, 0.6) is 0 Å². The van der Waals surface area contributed by atoms with Gasteiger partial charge in [-0.05, 0) is 57.5 Å². The number of carbonyl (C=O) groups is 2. The van der Waals surface area contributed by atoms with E-state index in [0.717, 1.165) is 45.2 Å². The van der Waals surface area contributed by atoms with Crippen molar-refractivity contribution in [3.05, 3.63) is 0 Å². The maximum Gasteiger partial charge on any atom is 0.305 e. The Hall–Kier alpha value is -1.14. The van der Waals surface area contributed by atoms with Gasteiger partial charge in [0.05, 0.1) is 13.2 Å². The van der Waals surface area contributed by atoms with Gasteiger partial charge in [-0.1, -0.05) is 90.9 Å². The number of rotatable bonds is 28. The summed E-state index contributed by atoms with van der Waals surface area (Å²) >= 11 is 0. The predicted molar refractivity (Wildman–Crippen MR) is 149 cm³/mol. The van der Waals surface area contributed by atoms with Crippen LogP contribution in [0.1, 0.15) is 142 Å². The summed E-state index contributed by atoms with van der Waals surface area (Å²) in [6.07, 6.45) is 21.4. The largest absolute Gasteiger partial charge is 0.481 e. The van der Waals surface area contributed by atoms with E-state index < -0.39 is 5.97 Å². The van der Waals surface area contributed by atoms with E-state index in [9.17, 15) is 14.7 Å². The molecule has 0 heterocycles. The molecule has 0 aromatic rings. The lowest BCUT2D eigenvalue weighted by Crippen LogP contribution is -2.29. The second-order valence-electron chi connectivity index (χ2n) is 10.5. The van der Waals surface area contributed by atoms with Crippen molar-refractivity contribution in [1.29, 1.82) is 0 Å². The van der Waals surface area contributed by atoms with Crippen molar-refractivity contribution in [2.75, 3.05) is 32.8 Å². The Kier molecular flexibility index (Phi) is 26.1. The van der Waals surface area contributed by atoms with Crippen LogP contribution in [0, 0.1) is 5.92 Å². The molecule has 0 radical (unpaired) electrons. The number of aliphatic hydroxyl groups is 1. The Morgan fingerprint density at radius 3 is 1.72 bits per heavy atom. The first-order valence-electron chi connectivity index (χ1n) is 15.2. The van der Waals surface area contributed by atoms with Crippen LogP contribution in [0.2, 0.25) is 0 Å². The van der Waals surface area contributed by atoms with Crippen molar-refractivity contribution in [2.24, 2.45) is 5.92 Å². The molecule has 0 amide bonds. The van der Waals surface area contributed by atoms with Gasteiger partial charge in [0.25, 0.3) is 0 Å². The molecule has 2 N–H and O–H groups in total. The number of ether oxygens (including phenoxy) is 1. The summed E-state index contributed by atoms with van der Waals surface area (Å²) in [5.74, 6) is -0.275.